The molecule has 0 saturated carbocycles. The average molecular weight is 408 g/mol. The lowest BCUT2D eigenvalue weighted by molar-refractivity contribution is 0.412. The van der Waals surface area contributed by atoms with Crippen molar-refractivity contribution in [2.75, 3.05) is 12.8 Å². The van der Waals surface area contributed by atoms with Crippen LogP contribution in [0.4, 0.5) is 5.82 Å². The fraction of sp³-hybridized carbons (Fsp3) is 0.0909. The largest absolute Gasteiger partial charge is 0.490 e. The second-order valence-corrected chi connectivity index (χ2v) is 7.66. The van der Waals surface area contributed by atoms with Gasteiger partial charge in [0.15, 0.2) is 21.9 Å². The topological polar surface area (TPSA) is 61.0 Å². The maximum Gasteiger partial charge on any atom is 0.198 e. The lowest BCUT2D eigenvalue weighted by Crippen LogP contribution is -2.03. The van der Waals surface area contributed by atoms with E-state index in [1.165, 1.54) is 29.6 Å². The number of hydrogen-bond acceptors (Lipinski definition) is 5. The van der Waals surface area contributed by atoms with Crippen LogP contribution in [0.2, 0.25) is 5.15 Å². The third-order valence-electron chi connectivity index (χ3n) is 4.44. The number of nitrogens with two attached hydrogens (primary N) is 1. The van der Waals surface area contributed by atoms with Gasteiger partial charge in [0.05, 0.1) is 12.4 Å². The SMILES string of the molecule is COc1c(N)nc(SC(c2ccccc2)c2ccc3ccccc3c2)nc1Cl. The standard InChI is InChI=1S/C22H18ClN3OS/c1-27-18-20(23)25-22(26-21(18)24)28-19(15-8-3-2-4-9-15)17-12-11-14-7-5-6-10-16(14)13-17/h2-13,19H,1H3,(H2,24,25,26). The summed E-state index contributed by atoms with van der Waals surface area (Å²) in [6.45, 7) is 0. The molecular formula is C22H18ClN3OS. The summed E-state index contributed by atoms with van der Waals surface area (Å²) in [6.07, 6.45) is 0. The van der Waals surface area contributed by atoms with Crippen LogP contribution >= 0.6 is 23.4 Å². The van der Waals surface area contributed by atoms with Crippen molar-refractivity contribution >= 4 is 40.0 Å². The molecule has 28 heavy (non-hydrogen) atoms. The molecule has 0 saturated heterocycles. The van der Waals surface area contributed by atoms with E-state index in [1.807, 2.05) is 30.3 Å². The van der Waals surface area contributed by atoms with E-state index in [0.717, 1.165) is 11.1 Å². The van der Waals surface area contributed by atoms with Gasteiger partial charge in [-0.1, -0.05) is 90.1 Å². The van der Waals surface area contributed by atoms with Gasteiger partial charge in [0, 0.05) is 0 Å². The summed E-state index contributed by atoms with van der Waals surface area (Å²) >= 11 is 7.73. The van der Waals surface area contributed by atoms with Crippen molar-refractivity contribution < 1.29 is 4.74 Å². The molecule has 1 heterocycles. The minimum atomic E-state index is -0.00494. The van der Waals surface area contributed by atoms with Gasteiger partial charge in [0.25, 0.3) is 0 Å². The Labute approximate surface area is 172 Å². The number of fused-ring (bicyclic) bond motifs is 1. The molecule has 0 fully saturated rings. The number of anilines is 1. The smallest absolute Gasteiger partial charge is 0.198 e. The molecule has 4 rings (SSSR count). The number of halogens is 1. The van der Waals surface area contributed by atoms with E-state index in [9.17, 15) is 0 Å². The maximum absolute atomic E-state index is 6.22. The van der Waals surface area contributed by atoms with Crippen LogP contribution < -0.4 is 10.5 Å². The molecule has 6 heteroatoms. The van der Waals surface area contributed by atoms with Crippen LogP contribution in [0.15, 0.2) is 78.0 Å². The molecule has 0 radical (unpaired) electrons. The van der Waals surface area contributed by atoms with Gasteiger partial charge in [-0.05, 0) is 28.0 Å². The van der Waals surface area contributed by atoms with Crippen LogP contribution in [0, 0.1) is 0 Å². The number of aromatic nitrogens is 2. The Morgan fingerprint density at radius 3 is 2.32 bits per heavy atom. The summed E-state index contributed by atoms with van der Waals surface area (Å²) in [6, 6.07) is 25.0. The Balaban J connectivity index is 1.78. The molecule has 1 atom stereocenters. The molecular weight excluding hydrogens is 390 g/mol. The Bertz CT molecular complexity index is 1100. The van der Waals surface area contributed by atoms with Gasteiger partial charge in [0.1, 0.15) is 0 Å². The molecule has 2 N–H and O–H groups in total. The van der Waals surface area contributed by atoms with Crippen molar-refractivity contribution in [3.8, 4) is 5.75 Å². The highest BCUT2D eigenvalue weighted by molar-refractivity contribution is 7.99. The molecule has 0 amide bonds. The summed E-state index contributed by atoms with van der Waals surface area (Å²) in [4.78, 5) is 8.75. The molecule has 1 aromatic heterocycles. The zero-order valence-electron chi connectivity index (χ0n) is 15.2. The van der Waals surface area contributed by atoms with Crippen molar-refractivity contribution in [1.29, 1.82) is 0 Å². The number of nitrogen functional groups attached to an aromatic ring is 1. The molecule has 0 aliphatic heterocycles. The predicted molar refractivity (Wildman–Crippen MR) is 116 cm³/mol. The minimum Gasteiger partial charge on any atom is -0.490 e. The first kappa shape index (κ1) is 18.6. The number of hydrogen-bond donors (Lipinski definition) is 1. The van der Waals surface area contributed by atoms with Gasteiger partial charge < -0.3 is 10.5 Å². The molecule has 0 aliphatic rings. The Morgan fingerprint density at radius 1 is 0.893 bits per heavy atom. The number of ether oxygens (including phenoxy) is 1. The second-order valence-electron chi connectivity index (χ2n) is 6.23. The van der Waals surface area contributed by atoms with E-state index in [-0.39, 0.29) is 16.2 Å². The minimum absolute atomic E-state index is 0.00494. The molecule has 4 nitrogen and oxygen atoms in total. The van der Waals surface area contributed by atoms with Crippen LogP contribution in [0.1, 0.15) is 16.4 Å². The van der Waals surface area contributed by atoms with Gasteiger partial charge >= 0.3 is 0 Å². The highest BCUT2D eigenvalue weighted by Crippen LogP contribution is 2.41. The lowest BCUT2D eigenvalue weighted by Gasteiger charge is -2.18. The normalized spacial score (nSPS) is 12.1. The highest BCUT2D eigenvalue weighted by Gasteiger charge is 2.20. The molecule has 0 aliphatic carbocycles. The fourth-order valence-corrected chi connectivity index (χ4v) is 4.48. The van der Waals surface area contributed by atoms with Crippen LogP contribution in [-0.2, 0) is 0 Å². The summed E-state index contributed by atoms with van der Waals surface area (Å²) < 4.78 is 5.16. The van der Waals surface area contributed by atoms with E-state index in [4.69, 9.17) is 22.1 Å². The Hall–Kier alpha value is -2.76. The van der Waals surface area contributed by atoms with Gasteiger partial charge in [0.2, 0.25) is 0 Å². The number of benzene rings is 3. The lowest BCUT2D eigenvalue weighted by atomic mass is 10.0. The average Bonchev–Trinajstić information content (AvgIpc) is 2.72. The van der Waals surface area contributed by atoms with Crippen LogP contribution in [0.25, 0.3) is 10.8 Å². The van der Waals surface area contributed by atoms with Crippen molar-refractivity contribution in [3.05, 3.63) is 89.1 Å². The number of nitrogens with zero attached hydrogens (tertiary/aromatic N) is 2. The maximum atomic E-state index is 6.22. The van der Waals surface area contributed by atoms with Gasteiger partial charge in [-0.2, -0.15) is 0 Å². The first-order valence-corrected chi connectivity index (χ1v) is 9.99. The van der Waals surface area contributed by atoms with Crippen molar-refractivity contribution in [1.82, 2.24) is 9.97 Å². The highest BCUT2D eigenvalue weighted by atomic mass is 35.5. The third-order valence-corrected chi connectivity index (χ3v) is 5.87. The van der Waals surface area contributed by atoms with Crippen LogP contribution in [0.3, 0.4) is 0 Å². The predicted octanol–water partition coefficient (Wildman–Crippen LogP) is 5.76. The van der Waals surface area contributed by atoms with Gasteiger partial charge in [-0.25, -0.2) is 9.97 Å². The fourth-order valence-electron chi connectivity index (χ4n) is 3.09. The summed E-state index contributed by atoms with van der Waals surface area (Å²) in [5, 5.41) is 3.11. The summed E-state index contributed by atoms with van der Waals surface area (Å²) in [7, 11) is 1.50. The summed E-state index contributed by atoms with van der Waals surface area (Å²) in [5.41, 5.74) is 8.29. The molecule has 140 valence electrons. The quantitative estimate of drug-likeness (QED) is 0.259. The van der Waals surface area contributed by atoms with Crippen molar-refractivity contribution in [2.45, 2.75) is 10.4 Å². The van der Waals surface area contributed by atoms with E-state index >= 15 is 0 Å². The second kappa shape index (κ2) is 8.09. The van der Waals surface area contributed by atoms with E-state index in [2.05, 4.69) is 52.4 Å². The van der Waals surface area contributed by atoms with Gasteiger partial charge in [-0.3, -0.25) is 0 Å². The molecule has 4 aromatic rings. The van der Waals surface area contributed by atoms with Crippen molar-refractivity contribution in [2.24, 2.45) is 0 Å². The van der Waals surface area contributed by atoms with Crippen LogP contribution in [-0.4, -0.2) is 17.1 Å². The Kier molecular flexibility index (Phi) is 5.37. The molecule has 0 spiro atoms. The first-order valence-electron chi connectivity index (χ1n) is 8.73. The van der Waals surface area contributed by atoms with Gasteiger partial charge in [-0.15, -0.1) is 0 Å². The number of thioether (sulfide) groups is 1. The Morgan fingerprint density at radius 2 is 1.61 bits per heavy atom. The molecule has 1 unspecified atom stereocenters. The molecule has 3 aromatic carbocycles. The number of rotatable bonds is 5. The van der Waals surface area contributed by atoms with E-state index in [0.29, 0.717) is 10.9 Å². The molecule has 0 bridgehead atoms. The van der Waals surface area contributed by atoms with Crippen molar-refractivity contribution in [3.63, 3.8) is 0 Å². The van der Waals surface area contributed by atoms with E-state index < -0.39 is 0 Å². The first-order chi connectivity index (χ1) is 13.7. The van der Waals surface area contributed by atoms with E-state index in [1.54, 1.807) is 0 Å². The van der Waals surface area contributed by atoms with Crippen LogP contribution in [0.5, 0.6) is 5.75 Å². The number of methoxy groups -OCH3 is 1. The monoisotopic (exact) mass is 407 g/mol. The zero-order chi connectivity index (χ0) is 19.5. The zero-order valence-corrected chi connectivity index (χ0v) is 16.7. The third kappa shape index (κ3) is 3.77. The summed E-state index contributed by atoms with van der Waals surface area (Å²) in [5.74, 6) is 0.531.